The summed E-state index contributed by atoms with van der Waals surface area (Å²) in [6, 6.07) is 10.1. The van der Waals surface area contributed by atoms with Crippen molar-refractivity contribution in [3.8, 4) is 0 Å². The van der Waals surface area contributed by atoms with Crippen molar-refractivity contribution in [3.63, 3.8) is 0 Å². The van der Waals surface area contributed by atoms with Gasteiger partial charge in [0.2, 0.25) is 0 Å². The smallest absolute Gasteiger partial charge is 0.191 e. The van der Waals surface area contributed by atoms with Crippen molar-refractivity contribution >= 4 is 16.9 Å². The fourth-order valence-corrected chi connectivity index (χ4v) is 2.55. The van der Waals surface area contributed by atoms with Crippen LogP contribution >= 0.6 is 0 Å². The minimum absolute atomic E-state index is 0.489. The zero-order valence-electron chi connectivity index (χ0n) is 14.8. The molecule has 1 heterocycles. The molecule has 1 aromatic heterocycles. The van der Waals surface area contributed by atoms with Crippen LogP contribution in [-0.4, -0.2) is 34.7 Å². The van der Waals surface area contributed by atoms with E-state index in [0.717, 1.165) is 29.0 Å². The molecule has 0 fully saturated rings. The summed E-state index contributed by atoms with van der Waals surface area (Å²) in [4.78, 5) is 9.04. The highest BCUT2D eigenvalue weighted by Crippen LogP contribution is 2.17. The minimum Gasteiger partial charge on any atom is -0.388 e. The van der Waals surface area contributed by atoms with Gasteiger partial charge in [0.1, 0.15) is 0 Å². The molecule has 5 heteroatoms. The lowest BCUT2D eigenvalue weighted by Crippen LogP contribution is -2.46. The maximum Gasteiger partial charge on any atom is 0.191 e. The molecule has 0 unspecified atom stereocenters. The van der Waals surface area contributed by atoms with E-state index in [1.807, 2.05) is 51.2 Å². The third-order valence-corrected chi connectivity index (χ3v) is 4.39. The molecule has 130 valence electrons. The first-order valence-electron chi connectivity index (χ1n) is 8.69. The molecule has 0 bridgehead atoms. The van der Waals surface area contributed by atoms with Crippen LogP contribution < -0.4 is 10.6 Å². The summed E-state index contributed by atoms with van der Waals surface area (Å²) in [6.07, 6.45) is 3.25. The summed E-state index contributed by atoms with van der Waals surface area (Å²) >= 11 is 0. The van der Waals surface area contributed by atoms with Gasteiger partial charge in [0.05, 0.1) is 17.7 Å². The van der Waals surface area contributed by atoms with E-state index >= 15 is 0 Å². The maximum atomic E-state index is 10.4. The molecule has 0 saturated heterocycles. The molecule has 0 amide bonds. The summed E-state index contributed by atoms with van der Waals surface area (Å²) in [5.74, 6) is 0.721. The fraction of sp³-hybridized carbons (Fsp3) is 0.474. The van der Waals surface area contributed by atoms with Gasteiger partial charge in [-0.1, -0.05) is 32.0 Å². The van der Waals surface area contributed by atoms with Gasteiger partial charge in [-0.3, -0.25) is 4.98 Å². The van der Waals surface area contributed by atoms with E-state index in [4.69, 9.17) is 0 Å². The molecule has 2 rings (SSSR count). The third kappa shape index (κ3) is 4.68. The lowest BCUT2D eigenvalue weighted by Gasteiger charge is -2.26. The van der Waals surface area contributed by atoms with E-state index in [-0.39, 0.29) is 0 Å². The topological polar surface area (TPSA) is 69.5 Å². The normalized spacial score (nSPS) is 12.4. The number of aliphatic imine (C=N–C) groups is 1. The van der Waals surface area contributed by atoms with Gasteiger partial charge >= 0.3 is 0 Å². The molecular weight excluding hydrogens is 300 g/mol. The lowest BCUT2D eigenvalue weighted by atomic mass is 9.98. The van der Waals surface area contributed by atoms with Gasteiger partial charge in [-0.15, -0.1) is 0 Å². The zero-order chi connectivity index (χ0) is 17.4. The second kappa shape index (κ2) is 8.64. The van der Waals surface area contributed by atoms with Gasteiger partial charge in [0, 0.05) is 24.7 Å². The van der Waals surface area contributed by atoms with Gasteiger partial charge in [-0.05, 0) is 37.5 Å². The van der Waals surface area contributed by atoms with Gasteiger partial charge in [0.25, 0.3) is 0 Å². The average molecular weight is 328 g/mol. The second-order valence-electron chi connectivity index (χ2n) is 5.97. The van der Waals surface area contributed by atoms with E-state index in [1.165, 1.54) is 0 Å². The molecular formula is C19H28N4O. The monoisotopic (exact) mass is 328 g/mol. The van der Waals surface area contributed by atoms with Crippen LogP contribution in [0.15, 0.2) is 41.5 Å². The Bertz CT molecular complexity index is 675. The number of pyridine rings is 1. The van der Waals surface area contributed by atoms with Gasteiger partial charge in [0.15, 0.2) is 5.96 Å². The van der Waals surface area contributed by atoms with Crippen molar-refractivity contribution < 1.29 is 5.11 Å². The number of fused-ring (bicyclic) bond motifs is 1. The Labute approximate surface area is 144 Å². The summed E-state index contributed by atoms with van der Waals surface area (Å²) in [7, 11) is 0. The second-order valence-corrected chi connectivity index (χ2v) is 5.97. The molecule has 0 aliphatic carbocycles. The lowest BCUT2D eigenvalue weighted by molar-refractivity contribution is 0.0367. The van der Waals surface area contributed by atoms with Crippen molar-refractivity contribution in [1.82, 2.24) is 15.6 Å². The van der Waals surface area contributed by atoms with E-state index in [2.05, 4.69) is 26.7 Å². The molecule has 24 heavy (non-hydrogen) atoms. The Morgan fingerprint density at radius 1 is 1.12 bits per heavy atom. The van der Waals surface area contributed by atoms with Crippen LogP contribution in [0.4, 0.5) is 0 Å². The van der Waals surface area contributed by atoms with E-state index in [1.54, 1.807) is 0 Å². The number of hydrogen-bond acceptors (Lipinski definition) is 3. The molecule has 3 N–H and O–H groups in total. The number of rotatable bonds is 7. The maximum absolute atomic E-state index is 10.4. The molecule has 0 atom stereocenters. The summed E-state index contributed by atoms with van der Waals surface area (Å²) in [6.45, 7) is 7.86. The van der Waals surface area contributed by atoms with Crippen molar-refractivity contribution in [2.75, 3.05) is 13.1 Å². The first-order valence-corrected chi connectivity index (χ1v) is 8.69. The summed E-state index contributed by atoms with van der Waals surface area (Å²) in [5, 5.41) is 18.0. The Morgan fingerprint density at radius 2 is 1.88 bits per heavy atom. The molecule has 0 saturated carbocycles. The van der Waals surface area contributed by atoms with E-state index < -0.39 is 5.60 Å². The highest BCUT2D eigenvalue weighted by molar-refractivity contribution is 5.83. The van der Waals surface area contributed by atoms with Crippen LogP contribution in [0.2, 0.25) is 0 Å². The first-order chi connectivity index (χ1) is 11.6. The van der Waals surface area contributed by atoms with Crippen LogP contribution in [0.1, 0.15) is 39.2 Å². The summed E-state index contributed by atoms with van der Waals surface area (Å²) in [5.41, 5.74) is 1.42. The van der Waals surface area contributed by atoms with Gasteiger partial charge in [-0.25, -0.2) is 4.99 Å². The van der Waals surface area contributed by atoms with E-state index in [9.17, 15) is 5.11 Å². The average Bonchev–Trinajstić information content (AvgIpc) is 2.63. The van der Waals surface area contributed by atoms with Crippen LogP contribution in [-0.2, 0) is 6.54 Å². The number of nitrogens with one attached hydrogen (secondary N) is 2. The van der Waals surface area contributed by atoms with Crippen LogP contribution in [0.5, 0.6) is 0 Å². The van der Waals surface area contributed by atoms with Gasteiger partial charge < -0.3 is 15.7 Å². The zero-order valence-corrected chi connectivity index (χ0v) is 14.8. The molecule has 2 aromatic rings. The number of hydrogen-bond donors (Lipinski definition) is 3. The Balaban J connectivity index is 2.12. The standard InChI is InChI=1S/C19H28N4O/c1-4-19(24,5-2)14-23-18(20-6-3)22-13-15-11-12-21-17-10-8-7-9-16(15)17/h7-12,24H,4-6,13-14H2,1-3H3,(H2,20,22,23). The highest BCUT2D eigenvalue weighted by atomic mass is 16.3. The molecule has 1 aromatic carbocycles. The number of guanidine groups is 1. The van der Waals surface area contributed by atoms with Crippen molar-refractivity contribution in [1.29, 1.82) is 0 Å². The summed E-state index contributed by atoms with van der Waals surface area (Å²) < 4.78 is 0. The van der Waals surface area contributed by atoms with E-state index in [0.29, 0.717) is 25.9 Å². The number of aliphatic hydroxyl groups is 1. The van der Waals surface area contributed by atoms with Crippen LogP contribution in [0.3, 0.4) is 0 Å². The number of para-hydroxylation sites is 1. The number of benzene rings is 1. The molecule has 0 radical (unpaired) electrons. The fourth-order valence-electron chi connectivity index (χ4n) is 2.55. The van der Waals surface area contributed by atoms with Crippen LogP contribution in [0, 0.1) is 0 Å². The largest absolute Gasteiger partial charge is 0.388 e. The van der Waals surface area contributed by atoms with Crippen LogP contribution in [0.25, 0.3) is 10.9 Å². The third-order valence-electron chi connectivity index (χ3n) is 4.39. The highest BCUT2D eigenvalue weighted by Gasteiger charge is 2.22. The van der Waals surface area contributed by atoms with Gasteiger partial charge in [-0.2, -0.15) is 0 Å². The van der Waals surface area contributed by atoms with Crippen molar-refractivity contribution in [2.45, 2.75) is 45.8 Å². The molecule has 5 nitrogen and oxygen atoms in total. The predicted molar refractivity (Wildman–Crippen MR) is 100 cm³/mol. The Morgan fingerprint density at radius 3 is 2.58 bits per heavy atom. The quantitative estimate of drug-likeness (QED) is 0.540. The Kier molecular flexibility index (Phi) is 6.55. The Hall–Kier alpha value is -2.14. The van der Waals surface area contributed by atoms with Crippen molar-refractivity contribution in [3.05, 3.63) is 42.1 Å². The SMILES string of the molecule is CCNC(=NCc1ccnc2ccccc12)NCC(O)(CC)CC. The number of nitrogens with zero attached hydrogens (tertiary/aromatic N) is 2. The predicted octanol–water partition coefficient (Wildman–Crippen LogP) is 2.84. The molecule has 0 spiro atoms. The molecule has 0 aliphatic heterocycles. The van der Waals surface area contributed by atoms with Crippen molar-refractivity contribution in [2.24, 2.45) is 4.99 Å². The minimum atomic E-state index is -0.695. The molecule has 0 aliphatic rings. The number of aromatic nitrogens is 1. The first kappa shape index (κ1) is 18.2.